The summed E-state index contributed by atoms with van der Waals surface area (Å²) in [6.07, 6.45) is 1.72. The molecule has 0 aliphatic carbocycles. The number of likely N-dealkylation sites (tertiary alicyclic amines) is 1. The maximum atomic E-state index is 12.4. The van der Waals surface area contributed by atoms with Crippen molar-refractivity contribution >= 4 is 45.5 Å². The predicted octanol–water partition coefficient (Wildman–Crippen LogP) is 4.51. The van der Waals surface area contributed by atoms with Gasteiger partial charge in [0.1, 0.15) is 5.60 Å². The molecule has 8 heteroatoms. The van der Waals surface area contributed by atoms with E-state index in [2.05, 4.69) is 26.9 Å². The predicted molar refractivity (Wildman–Crippen MR) is 112 cm³/mol. The van der Waals surface area contributed by atoms with Gasteiger partial charge in [0.15, 0.2) is 0 Å². The summed E-state index contributed by atoms with van der Waals surface area (Å²) in [4.78, 5) is 32.8. The van der Waals surface area contributed by atoms with Crippen molar-refractivity contribution in [1.82, 2.24) is 4.90 Å². The Bertz CT molecular complexity index is 875. The van der Waals surface area contributed by atoms with E-state index >= 15 is 0 Å². The van der Waals surface area contributed by atoms with Crippen molar-refractivity contribution in [2.75, 3.05) is 24.5 Å². The lowest BCUT2D eigenvalue weighted by Gasteiger charge is -2.37. The Morgan fingerprint density at radius 3 is 2.38 bits per heavy atom. The average molecular weight is 480 g/mol. The van der Waals surface area contributed by atoms with Crippen LogP contribution < -0.4 is 4.90 Å². The topological polar surface area (TPSA) is 66.9 Å². The van der Waals surface area contributed by atoms with E-state index in [9.17, 15) is 4.79 Å². The summed E-state index contributed by atoms with van der Waals surface area (Å²) in [6, 6.07) is 15.7. The monoisotopic (exact) mass is 478 g/mol. The Morgan fingerprint density at radius 1 is 1.10 bits per heavy atom. The first kappa shape index (κ1) is 21.5. The summed E-state index contributed by atoms with van der Waals surface area (Å²) < 4.78 is 6.82. The van der Waals surface area contributed by atoms with E-state index in [4.69, 9.17) is 25.9 Å². The number of hydrogen-bond donors (Lipinski definition) is 0. The van der Waals surface area contributed by atoms with Gasteiger partial charge in [0.2, 0.25) is 0 Å². The number of para-hydroxylation sites is 1. The molecular formula is C21H20BrClN2O4. The van der Waals surface area contributed by atoms with Crippen LogP contribution in [0.2, 0.25) is 5.02 Å². The summed E-state index contributed by atoms with van der Waals surface area (Å²) in [7, 11) is 0. The lowest BCUT2D eigenvalue weighted by Crippen LogP contribution is -2.46. The number of anilines is 1. The van der Waals surface area contributed by atoms with Gasteiger partial charge in [-0.05, 0) is 35.9 Å². The third-order valence-corrected chi connectivity index (χ3v) is 5.81. The van der Waals surface area contributed by atoms with Crippen LogP contribution in [0.25, 0.3) is 0 Å². The molecule has 0 unspecified atom stereocenters. The molecule has 0 radical (unpaired) electrons. The molecule has 152 valence electrons. The fourth-order valence-corrected chi connectivity index (χ4v) is 4.70. The van der Waals surface area contributed by atoms with Gasteiger partial charge in [-0.15, -0.1) is 0 Å². The number of ether oxygens (including phenoxy) is 1. The molecule has 0 atom stereocenters. The molecule has 2 heterocycles. The molecule has 2 aliphatic heterocycles. The molecule has 2 saturated heterocycles. The largest absolute Gasteiger partial charge is 0.441 e. The summed E-state index contributed by atoms with van der Waals surface area (Å²) in [5, 5.41) is 0.742. The van der Waals surface area contributed by atoms with Gasteiger partial charge in [-0.1, -0.05) is 45.7 Å². The third-order valence-electron chi connectivity index (χ3n) is 5.13. The summed E-state index contributed by atoms with van der Waals surface area (Å²) in [5.74, 6) is 0. The van der Waals surface area contributed by atoms with E-state index in [-0.39, 0.29) is 17.8 Å². The zero-order chi connectivity index (χ0) is 20.9. The van der Waals surface area contributed by atoms with Crippen LogP contribution >= 0.6 is 27.5 Å². The molecule has 0 bridgehead atoms. The quantitative estimate of drug-likeness (QED) is 0.648. The summed E-state index contributed by atoms with van der Waals surface area (Å²) in [5.41, 5.74) is 1.73. The Kier molecular flexibility index (Phi) is 7.09. The van der Waals surface area contributed by atoms with Crippen molar-refractivity contribution in [3.8, 4) is 0 Å². The Balaban J connectivity index is 0.000000755. The summed E-state index contributed by atoms with van der Waals surface area (Å²) >= 11 is 9.64. The maximum absolute atomic E-state index is 12.4. The van der Waals surface area contributed by atoms with Crippen LogP contribution in [0.4, 0.5) is 10.5 Å². The fourth-order valence-electron chi connectivity index (χ4n) is 3.77. The van der Waals surface area contributed by atoms with Crippen molar-refractivity contribution in [3.63, 3.8) is 0 Å². The van der Waals surface area contributed by atoms with E-state index in [1.807, 2.05) is 42.5 Å². The van der Waals surface area contributed by atoms with E-state index < -0.39 is 0 Å². The van der Waals surface area contributed by atoms with Gasteiger partial charge in [0, 0.05) is 47.7 Å². The molecule has 29 heavy (non-hydrogen) atoms. The molecule has 1 spiro atoms. The van der Waals surface area contributed by atoms with E-state index in [1.54, 1.807) is 4.90 Å². The van der Waals surface area contributed by atoms with Crippen molar-refractivity contribution < 1.29 is 19.1 Å². The maximum Gasteiger partial charge on any atom is 0.415 e. The van der Waals surface area contributed by atoms with Gasteiger partial charge in [-0.2, -0.15) is 9.59 Å². The van der Waals surface area contributed by atoms with Crippen LogP contribution in [0.1, 0.15) is 18.4 Å². The number of benzene rings is 2. The van der Waals surface area contributed by atoms with Gasteiger partial charge in [-0.25, -0.2) is 4.79 Å². The minimum Gasteiger partial charge on any atom is -0.441 e. The lowest BCUT2D eigenvalue weighted by atomic mass is 9.91. The second-order valence-electron chi connectivity index (χ2n) is 7.11. The average Bonchev–Trinajstić information content (AvgIpc) is 3.00. The molecule has 0 saturated carbocycles. The summed E-state index contributed by atoms with van der Waals surface area (Å²) in [6.45, 7) is 3.29. The lowest BCUT2D eigenvalue weighted by molar-refractivity contribution is -0.191. The number of amides is 1. The van der Waals surface area contributed by atoms with Crippen molar-refractivity contribution in [2.45, 2.75) is 25.0 Å². The number of hydrogen-bond acceptors (Lipinski definition) is 5. The molecule has 1 amide bonds. The highest BCUT2D eigenvalue weighted by molar-refractivity contribution is 9.10. The zero-order valence-corrected chi connectivity index (χ0v) is 18.0. The zero-order valence-electron chi connectivity index (χ0n) is 15.6. The third kappa shape index (κ3) is 5.46. The van der Waals surface area contributed by atoms with Gasteiger partial charge in [0.05, 0.1) is 6.54 Å². The highest BCUT2D eigenvalue weighted by Crippen LogP contribution is 2.36. The first-order chi connectivity index (χ1) is 13.9. The number of nitrogens with zero attached hydrogens (tertiary/aromatic N) is 2. The second-order valence-corrected chi connectivity index (χ2v) is 8.46. The van der Waals surface area contributed by atoms with Crippen molar-refractivity contribution in [2.24, 2.45) is 0 Å². The number of piperidine rings is 1. The molecule has 2 fully saturated rings. The van der Waals surface area contributed by atoms with Gasteiger partial charge < -0.3 is 4.74 Å². The van der Waals surface area contributed by atoms with Gasteiger partial charge in [0.25, 0.3) is 0 Å². The van der Waals surface area contributed by atoms with E-state index in [0.717, 1.165) is 47.7 Å². The highest BCUT2D eigenvalue weighted by atomic mass is 79.9. The number of rotatable bonds is 3. The normalized spacial score (nSPS) is 18.0. The van der Waals surface area contributed by atoms with Crippen LogP contribution in [-0.4, -0.2) is 42.4 Å². The molecule has 6 nitrogen and oxygen atoms in total. The molecule has 0 N–H and O–H groups in total. The minimum atomic E-state index is -0.363. The Labute approximate surface area is 182 Å². The van der Waals surface area contributed by atoms with Gasteiger partial charge in [-0.3, -0.25) is 9.80 Å². The molecule has 2 aliphatic rings. The standard InChI is InChI=1S/C20H20BrClN2O2.CO2/c21-16-10-15(11-17(22)12-16)13-23-8-6-20(7-9-23)14-24(19(25)26-20)18-4-2-1-3-5-18;2-1-3/h1-5,10-12H,6-9,13-14H2;. The number of halogens is 2. The molecule has 0 aromatic heterocycles. The van der Waals surface area contributed by atoms with Crippen LogP contribution in [-0.2, 0) is 20.9 Å². The minimum absolute atomic E-state index is 0.233. The SMILES string of the molecule is O=C1OC2(CCN(Cc3cc(Cl)cc(Br)c3)CC2)CN1c1ccccc1.O=C=O. The van der Waals surface area contributed by atoms with E-state index in [0.29, 0.717) is 6.54 Å². The van der Waals surface area contributed by atoms with Crippen LogP contribution in [0.3, 0.4) is 0 Å². The van der Waals surface area contributed by atoms with Crippen molar-refractivity contribution in [1.29, 1.82) is 0 Å². The van der Waals surface area contributed by atoms with E-state index in [1.165, 1.54) is 5.56 Å². The number of carbonyl (C=O) groups is 1. The second kappa shape index (κ2) is 9.55. The first-order valence-electron chi connectivity index (χ1n) is 9.17. The Hall–Kier alpha value is -2.18. The van der Waals surface area contributed by atoms with Crippen molar-refractivity contribution in [3.05, 3.63) is 63.6 Å². The molecule has 2 aromatic carbocycles. The molecular weight excluding hydrogens is 460 g/mol. The highest BCUT2D eigenvalue weighted by Gasteiger charge is 2.47. The Morgan fingerprint density at radius 2 is 1.76 bits per heavy atom. The smallest absolute Gasteiger partial charge is 0.415 e. The molecule has 2 aromatic rings. The van der Waals surface area contributed by atoms with Crippen LogP contribution in [0.15, 0.2) is 53.0 Å². The first-order valence-corrected chi connectivity index (χ1v) is 10.3. The fraction of sp³-hybridized carbons (Fsp3) is 0.333. The van der Waals surface area contributed by atoms with Gasteiger partial charge >= 0.3 is 12.2 Å². The molecule has 4 rings (SSSR count). The van der Waals surface area contributed by atoms with Crippen LogP contribution in [0, 0.1) is 0 Å². The number of carbonyl (C=O) groups excluding carboxylic acids is 3. The van der Waals surface area contributed by atoms with Crippen LogP contribution in [0.5, 0.6) is 0 Å².